The highest BCUT2D eigenvalue weighted by molar-refractivity contribution is 7.90. The van der Waals surface area contributed by atoms with E-state index in [1.165, 1.54) is 17.4 Å². The van der Waals surface area contributed by atoms with E-state index in [9.17, 15) is 17.6 Å². The van der Waals surface area contributed by atoms with Crippen LogP contribution in [0, 0.1) is 12.7 Å². The highest BCUT2D eigenvalue weighted by atomic mass is 35.5. The van der Waals surface area contributed by atoms with Crippen molar-refractivity contribution in [3.05, 3.63) is 23.5 Å². The van der Waals surface area contributed by atoms with E-state index in [-0.39, 0.29) is 30.4 Å². The van der Waals surface area contributed by atoms with Gasteiger partial charge in [-0.25, -0.2) is 17.8 Å². The van der Waals surface area contributed by atoms with Crippen molar-refractivity contribution < 1.29 is 17.6 Å². The first-order chi connectivity index (χ1) is 10.2. The Balaban J connectivity index is 0.00000264. The maximum absolute atomic E-state index is 13.5. The van der Waals surface area contributed by atoms with Crippen LogP contribution in [0.25, 0.3) is 10.2 Å². The molecular weight excluding hydrogens is 365 g/mol. The van der Waals surface area contributed by atoms with E-state index in [1.807, 2.05) is 0 Å². The molecule has 1 unspecified atom stereocenters. The predicted octanol–water partition coefficient (Wildman–Crippen LogP) is 1.87. The van der Waals surface area contributed by atoms with Crippen LogP contribution in [0.2, 0.25) is 0 Å². The van der Waals surface area contributed by atoms with Gasteiger partial charge in [0.05, 0.1) is 22.0 Å². The van der Waals surface area contributed by atoms with Crippen molar-refractivity contribution in [3.63, 3.8) is 0 Å². The maximum atomic E-state index is 13.5. The average Bonchev–Trinajstić information content (AvgIpc) is 2.83. The zero-order chi connectivity index (χ0) is 16.5. The summed E-state index contributed by atoms with van der Waals surface area (Å²) in [5.41, 5.74) is 6.56. The number of rotatable bonds is 5. The zero-order valence-corrected chi connectivity index (χ0v) is 14.9. The number of aromatic nitrogens is 1. The first-order valence-corrected chi connectivity index (χ1v) is 9.35. The van der Waals surface area contributed by atoms with Crippen LogP contribution in [0.3, 0.4) is 0 Å². The molecule has 1 heterocycles. The maximum Gasteiger partial charge on any atom is 0.243 e. The molecule has 1 amide bonds. The van der Waals surface area contributed by atoms with Crippen LogP contribution in [0.5, 0.6) is 0 Å². The van der Waals surface area contributed by atoms with Gasteiger partial charge in [0, 0.05) is 11.8 Å². The Morgan fingerprint density at radius 3 is 2.74 bits per heavy atom. The Morgan fingerprint density at radius 2 is 2.13 bits per heavy atom. The Bertz CT molecular complexity index is 823. The molecule has 3 N–H and O–H groups in total. The molecule has 0 saturated heterocycles. The summed E-state index contributed by atoms with van der Waals surface area (Å²) >= 11 is 1.21. The fourth-order valence-corrected chi connectivity index (χ4v) is 3.43. The first kappa shape index (κ1) is 19.8. The van der Waals surface area contributed by atoms with Gasteiger partial charge >= 0.3 is 0 Å². The van der Waals surface area contributed by atoms with Crippen LogP contribution in [-0.4, -0.2) is 37.4 Å². The molecule has 2 rings (SSSR count). The lowest BCUT2D eigenvalue weighted by molar-refractivity contribution is -0.117. The van der Waals surface area contributed by atoms with E-state index >= 15 is 0 Å². The summed E-state index contributed by atoms with van der Waals surface area (Å²) < 4.78 is 36.4. The van der Waals surface area contributed by atoms with Crippen LogP contribution >= 0.6 is 23.7 Å². The molecule has 0 bridgehead atoms. The van der Waals surface area contributed by atoms with Crippen LogP contribution in [-0.2, 0) is 14.6 Å². The number of anilines is 1. The van der Waals surface area contributed by atoms with Crippen molar-refractivity contribution in [1.29, 1.82) is 0 Å². The number of hydrogen-bond acceptors (Lipinski definition) is 6. The first-order valence-electron chi connectivity index (χ1n) is 6.47. The van der Waals surface area contributed by atoms with Crippen molar-refractivity contribution in [1.82, 2.24) is 4.98 Å². The van der Waals surface area contributed by atoms with E-state index in [2.05, 4.69) is 10.3 Å². The number of aryl methyl sites for hydroxylation is 1. The van der Waals surface area contributed by atoms with Gasteiger partial charge < -0.3 is 11.1 Å². The second kappa shape index (κ2) is 7.52. The number of carbonyl (C=O) groups excluding carboxylic acids is 1. The third-order valence-corrected chi connectivity index (χ3v) is 5.03. The molecule has 0 aliphatic carbocycles. The molecule has 1 aromatic heterocycles. The SMILES string of the molecule is Cc1c(F)ccc2sc(NC(=O)C(N)CCS(C)(=O)=O)nc12.Cl. The molecule has 1 aromatic carbocycles. The second-order valence-electron chi connectivity index (χ2n) is 5.05. The summed E-state index contributed by atoms with van der Waals surface area (Å²) in [5.74, 6) is -1.03. The number of sulfone groups is 1. The van der Waals surface area contributed by atoms with Gasteiger partial charge in [-0.1, -0.05) is 11.3 Å². The molecule has 128 valence electrons. The molecule has 23 heavy (non-hydrogen) atoms. The summed E-state index contributed by atoms with van der Waals surface area (Å²) in [5, 5.41) is 2.85. The van der Waals surface area contributed by atoms with Crippen LogP contribution in [0.4, 0.5) is 9.52 Å². The predicted molar refractivity (Wildman–Crippen MR) is 92.5 cm³/mol. The largest absolute Gasteiger partial charge is 0.320 e. The van der Waals surface area contributed by atoms with Gasteiger partial charge in [-0.2, -0.15) is 0 Å². The number of amides is 1. The summed E-state index contributed by atoms with van der Waals surface area (Å²) in [6.07, 6.45) is 1.12. The lowest BCUT2D eigenvalue weighted by Crippen LogP contribution is -2.37. The second-order valence-corrected chi connectivity index (χ2v) is 8.34. The minimum absolute atomic E-state index is 0. The Kier molecular flexibility index (Phi) is 6.46. The third-order valence-electron chi connectivity index (χ3n) is 3.11. The molecule has 0 fully saturated rings. The van der Waals surface area contributed by atoms with Crippen LogP contribution in [0.15, 0.2) is 12.1 Å². The smallest absolute Gasteiger partial charge is 0.243 e. The van der Waals surface area contributed by atoms with Crippen LogP contribution < -0.4 is 11.1 Å². The van der Waals surface area contributed by atoms with E-state index in [0.717, 1.165) is 11.0 Å². The molecule has 0 spiro atoms. The number of thiazole rings is 1. The van der Waals surface area contributed by atoms with E-state index < -0.39 is 21.8 Å². The van der Waals surface area contributed by atoms with Gasteiger partial charge in [0.1, 0.15) is 15.7 Å². The minimum Gasteiger partial charge on any atom is -0.320 e. The van der Waals surface area contributed by atoms with Crippen LogP contribution in [0.1, 0.15) is 12.0 Å². The standard InChI is InChI=1S/C13H16FN3O3S2.ClH/c1-7-8(14)3-4-10-11(7)16-13(21-10)17-12(18)9(15)5-6-22(2,19)20;/h3-4,9H,5-6,15H2,1-2H3,(H,16,17,18);1H. The van der Waals surface area contributed by atoms with Gasteiger partial charge in [-0.3, -0.25) is 4.79 Å². The van der Waals surface area contributed by atoms with E-state index in [4.69, 9.17) is 5.73 Å². The minimum atomic E-state index is -3.17. The summed E-state index contributed by atoms with van der Waals surface area (Å²) in [4.78, 5) is 16.1. The molecule has 0 aliphatic heterocycles. The molecular formula is C13H17ClFN3O3S2. The highest BCUT2D eigenvalue weighted by Crippen LogP contribution is 2.29. The summed E-state index contributed by atoms with van der Waals surface area (Å²) in [6, 6.07) is 1.99. The number of benzene rings is 1. The number of fused-ring (bicyclic) bond motifs is 1. The van der Waals surface area contributed by atoms with Gasteiger partial charge in [0.2, 0.25) is 5.91 Å². The van der Waals surface area contributed by atoms with Crippen molar-refractivity contribution >= 4 is 54.8 Å². The van der Waals surface area contributed by atoms with Crippen molar-refractivity contribution in [2.24, 2.45) is 5.73 Å². The lowest BCUT2D eigenvalue weighted by atomic mass is 10.2. The number of nitrogens with one attached hydrogen (secondary N) is 1. The Morgan fingerprint density at radius 1 is 1.48 bits per heavy atom. The molecule has 0 aliphatic rings. The monoisotopic (exact) mass is 381 g/mol. The average molecular weight is 382 g/mol. The number of hydrogen-bond donors (Lipinski definition) is 2. The number of carbonyl (C=O) groups is 1. The Labute approximate surface area is 143 Å². The fourth-order valence-electron chi connectivity index (χ4n) is 1.82. The van der Waals surface area contributed by atoms with Crippen molar-refractivity contribution in [2.45, 2.75) is 19.4 Å². The van der Waals surface area contributed by atoms with E-state index in [0.29, 0.717) is 16.2 Å². The van der Waals surface area contributed by atoms with Gasteiger partial charge in [0.15, 0.2) is 5.13 Å². The molecule has 2 aromatic rings. The molecule has 1 atom stereocenters. The molecule has 6 nitrogen and oxygen atoms in total. The highest BCUT2D eigenvalue weighted by Gasteiger charge is 2.18. The van der Waals surface area contributed by atoms with Crippen molar-refractivity contribution in [2.75, 3.05) is 17.3 Å². The normalized spacial score (nSPS) is 12.7. The fraction of sp³-hybridized carbons (Fsp3) is 0.385. The topological polar surface area (TPSA) is 102 Å². The van der Waals surface area contributed by atoms with Gasteiger partial charge in [-0.15, -0.1) is 12.4 Å². The Hall–Kier alpha value is -1.29. The van der Waals surface area contributed by atoms with Crippen molar-refractivity contribution in [3.8, 4) is 0 Å². The van der Waals surface area contributed by atoms with E-state index in [1.54, 1.807) is 13.0 Å². The lowest BCUT2D eigenvalue weighted by Gasteiger charge is -2.09. The molecule has 10 heteroatoms. The number of halogens is 2. The quantitative estimate of drug-likeness (QED) is 0.823. The summed E-state index contributed by atoms with van der Waals surface area (Å²) in [6.45, 7) is 1.61. The molecule has 0 saturated carbocycles. The summed E-state index contributed by atoms with van der Waals surface area (Å²) in [7, 11) is -3.17. The number of nitrogens with two attached hydrogens (primary N) is 1. The van der Waals surface area contributed by atoms with Gasteiger partial charge in [0.25, 0.3) is 0 Å². The number of nitrogens with zero attached hydrogens (tertiary/aromatic N) is 1. The zero-order valence-electron chi connectivity index (χ0n) is 12.5. The third kappa shape index (κ3) is 5.10. The van der Waals surface area contributed by atoms with Gasteiger partial charge in [-0.05, 0) is 25.5 Å². The molecule has 0 radical (unpaired) electrons.